The van der Waals surface area contributed by atoms with Crippen molar-refractivity contribution in [3.8, 4) is 0 Å². The number of hydrogen-bond donors (Lipinski definition) is 2. The van der Waals surface area contributed by atoms with Gasteiger partial charge in [-0.1, -0.05) is 22.9 Å². The summed E-state index contributed by atoms with van der Waals surface area (Å²) in [4.78, 5) is 0. The SMILES string of the molecule is CCNCC(C)S(=O)(=O)Nc1c(C)cc(Br)cc1C. The zero-order chi connectivity index (χ0) is 14.6. The maximum atomic E-state index is 12.2. The second-order valence-corrected chi connectivity index (χ2v) is 7.69. The van der Waals surface area contributed by atoms with Crippen LogP contribution in [0.3, 0.4) is 0 Å². The highest BCUT2D eigenvalue weighted by Crippen LogP contribution is 2.26. The molecule has 0 fully saturated rings. The van der Waals surface area contributed by atoms with Gasteiger partial charge in [0.25, 0.3) is 0 Å². The standard InChI is InChI=1S/C13H21BrN2O2S/c1-5-15-8-11(4)19(17,18)16-13-9(2)6-12(14)7-10(13)3/h6-7,11,15-16H,5,8H2,1-4H3. The van der Waals surface area contributed by atoms with Crippen LogP contribution in [-0.4, -0.2) is 26.8 Å². The molecular formula is C13H21BrN2O2S. The average Bonchev–Trinajstić information content (AvgIpc) is 2.30. The van der Waals surface area contributed by atoms with Crippen molar-refractivity contribution in [2.45, 2.75) is 32.9 Å². The first-order valence-electron chi connectivity index (χ1n) is 6.27. The van der Waals surface area contributed by atoms with Crippen molar-refractivity contribution in [1.82, 2.24) is 5.32 Å². The van der Waals surface area contributed by atoms with Crippen molar-refractivity contribution in [2.24, 2.45) is 0 Å². The van der Waals surface area contributed by atoms with Gasteiger partial charge >= 0.3 is 0 Å². The molecular weight excluding hydrogens is 328 g/mol. The molecule has 19 heavy (non-hydrogen) atoms. The minimum absolute atomic E-state index is 0.445. The van der Waals surface area contributed by atoms with E-state index in [0.717, 1.165) is 22.1 Å². The molecule has 6 heteroatoms. The summed E-state index contributed by atoms with van der Waals surface area (Å²) in [7, 11) is -3.37. The van der Waals surface area contributed by atoms with E-state index in [1.807, 2.05) is 32.9 Å². The monoisotopic (exact) mass is 348 g/mol. The summed E-state index contributed by atoms with van der Waals surface area (Å²) in [5.41, 5.74) is 2.49. The van der Waals surface area contributed by atoms with E-state index in [4.69, 9.17) is 0 Å². The summed E-state index contributed by atoms with van der Waals surface area (Å²) in [6.07, 6.45) is 0. The predicted octanol–water partition coefficient (Wildman–Crippen LogP) is 2.81. The van der Waals surface area contributed by atoms with Gasteiger partial charge in [-0.3, -0.25) is 4.72 Å². The van der Waals surface area contributed by atoms with Crippen LogP contribution in [0.15, 0.2) is 16.6 Å². The van der Waals surface area contributed by atoms with Crippen molar-refractivity contribution < 1.29 is 8.42 Å². The number of benzene rings is 1. The summed E-state index contributed by atoms with van der Waals surface area (Å²) >= 11 is 3.40. The first-order valence-corrected chi connectivity index (χ1v) is 8.61. The molecule has 0 aliphatic carbocycles. The number of aryl methyl sites for hydroxylation is 2. The van der Waals surface area contributed by atoms with Crippen LogP contribution in [0.2, 0.25) is 0 Å². The molecule has 0 aliphatic heterocycles. The maximum absolute atomic E-state index is 12.2. The molecule has 2 N–H and O–H groups in total. The molecule has 0 heterocycles. The van der Waals surface area contributed by atoms with Gasteiger partial charge in [-0.2, -0.15) is 0 Å². The smallest absolute Gasteiger partial charge is 0.236 e. The molecule has 0 spiro atoms. The van der Waals surface area contributed by atoms with Gasteiger partial charge in [0.1, 0.15) is 0 Å². The number of sulfonamides is 1. The van der Waals surface area contributed by atoms with Crippen LogP contribution in [0.1, 0.15) is 25.0 Å². The van der Waals surface area contributed by atoms with E-state index in [0.29, 0.717) is 12.2 Å². The number of halogens is 1. The van der Waals surface area contributed by atoms with E-state index in [9.17, 15) is 8.42 Å². The molecule has 0 saturated carbocycles. The van der Waals surface area contributed by atoms with Crippen LogP contribution in [0, 0.1) is 13.8 Å². The largest absolute Gasteiger partial charge is 0.316 e. The summed E-state index contributed by atoms with van der Waals surface area (Å²) < 4.78 is 28.1. The van der Waals surface area contributed by atoms with Crippen molar-refractivity contribution in [3.05, 3.63) is 27.7 Å². The van der Waals surface area contributed by atoms with Crippen molar-refractivity contribution in [3.63, 3.8) is 0 Å². The quantitative estimate of drug-likeness (QED) is 0.830. The molecule has 4 nitrogen and oxygen atoms in total. The highest BCUT2D eigenvalue weighted by Gasteiger charge is 2.21. The highest BCUT2D eigenvalue weighted by atomic mass is 79.9. The summed E-state index contributed by atoms with van der Waals surface area (Å²) in [6.45, 7) is 8.65. The van der Waals surface area contributed by atoms with Crippen molar-refractivity contribution in [2.75, 3.05) is 17.8 Å². The minimum Gasteiger partial charge on any atom is -0.316 e. The highest BCUT2D eigenvalue weighted by molar-refractivity contribution is 9.10. The number of rotatable bonds is 6. The Balaban J connectivity index is 2.96. The molecule has 0 saturated heterocycles. The molecule has 108 valence electrons. The number of hydrogen-bond acceptors (Lipinski definition) is 3. The topological polar surface area (TPSA) is 58.2 Å². The lowest BCUT2D eigenvalue weighted by molar-refractivity contribution is 0.579. The van der Waals surface area contributed by atoms with E-state index < -0.39 is 15.3 Å². The third-order valence-electron chi connectivity index (χ3n) is 2.95. The fraction of sp³-hybridized carbons (Fsp3) is 0.538. The Bertz CT molecular complexity index is 521. The van der Waals surface area contributed by atoms with Crippen LogP contribution < -0.4 is 10.0 Å². The second kappa shape index (κ2) is 6.72. The van der Waals surface area contributed by atoms with Gasteiger partial charge in [-0.05, 0) is 50.6 Å². The Labute approximate surface area is 124 Å². The van der Waals surface area contributed by atoms with E-state index >= 15 is 0 Å². The average molecular weight is 349 g/mol. The Kier molecular flexibility index (Phi) is 5.82. The van der Waals surface area contributed by atoms with Crippen LogP contribution in [0.25, 0.3) is 0 Å². The second-order valence-electron chi connectivity index (χ2n) is 4.68. The zero-order valence-electron chi connectivity index (χ0n) is 11.7. The Hall–Kier alpha value is -0.590. The van der Waals surface area contributed by atoms with Gasteiger partial charge in [-0.15, -0.1) is 0 Å². The Morgan fingerprint density at radius 2 is 1.79 bits per heavy atom. The zero-order valence-corrected chi connectivity index (χ0v) is 14.2. The molecule has 0 bridgehead atoms. The summed E-state index contributed by atoms with van der Waals surface area (Å²) in [5.74, 6) is 0. The first kappa shape index (κ1) is 16.5. The third-order valence-corrected chi connectivity index (χ3v) is 5.13. The maximum Gasteiger partial charge on any atom is 0.236 e. The fourth-order valence-electron chi connectivity index (χ4n) is 1.77. The lowest BCUT2D eigenvalue weighted by Crippen LogP contribution is -2.35. The van der Waals surface area contributed by atoms with Gasteiger partial charge in [0, 0.05) is 11.0 Å². The minimum atomic E-state index is -3.37. The van der Waals surface area contributed by atoms with Crippen LogP contribution in [0.4, 0.5) is 5.69 Å². The van der Waals surface area contributed by atoms with Crippen molar-refractivity contribution in [1.29, 1.82) is 0 Å². The molecule has 1 rings (SSSR count). The summed E-state index contributed by atoms with van der Waals surface area (Å²) in [5, 5.41) is 2.57. The van der Waals surface area contributed by atoms with E-state index in [-0.39, 0.29) is 0 Å². The van der Waals surface area contributed by atoms with Gasteiger partial charge < -0.3 is 5.32 Å². The van der Waals surface area contributed by atoms with Crippen LogP contribution in [0.5, 0.6) is 0 Å². The fourth-order valence-corrected chi connectivity index (χ4v) is 3.60. The van der Waals surface area contributed by atoms with E-state index in [2.05, 4.69) is 26.0 Å². The molecule has 0 amide bonds. The normalized spacial score (nSPS) is 13.3. The molecule has 0 aliphatic rings. The first-order chi connectivity index (χ1) is 8.77. The molecule has 1 aromatic rings. The number of anilines is 1. The summed E-state index contributed by atoms with van der Waals surface area (Å²) in [6, 6.07) is 3.81. The predicted molar refractivity (Wildman–Crippen MR) is 84.2 cm³/mol. The van der Waals surface area contributed by atoms with E-state index in [1.165, 1.54) is 0 Å². The molecule has 1 atom stereocenters. The molecule has 0 aromatic heterocycles. The third kappa shape index (κ3) is 4.47. The Morgan fingerprint density at radius 3 is 2.26 bits per heavy atom. The molecule has 1 unspecified atom stereocenters. The van der Waals surface area contributed by atoms with Gasteiger partial charge in [-0.25, -0.2) is 8.42 Å². The van der Waals surface area contributed by atoms with Crippen LogP contribution in [-0.2, 0) is 10.0 Å². The van der Waals surface area contributed by atoms with Crippen molar-refractivity contribution >= 4 is 31.6 Å². The van der Waals surface area contributed by atoms with Gasteiger partial charge in [0.05, 0.1) is 10.9 Å². The van der Waals surface area contributed by atoms with Crippen LogP contribution >= 0.6 is 15.9 Å². The number of nitrogens with one attached hydrogen (secondary N) is 2. The Morgan fingerprint density at radius 1 is 1.26 bits per heavy atom. The van der Waals surface area contributed by atoms with Gasteiger partial charge in [0.15, 0.2) is 0 Å². The van der Waals surface area contributed by atoms with E-state index in [1.54, 1.807) is 6.92 Å². The molecule has 0 radical (unpaired) electrons. The lowest BCUT2D eigenvalue weighted by Gasteiger charge is -2.18. The van der Waals surface area contributed by atoms with Gasteiger partial charge in [0.2, 0.25) is 10.0 Å². The molecule has 1 aromatic carbocycles. The lowest BCUT2D eigenvalue weighted by atomic mass is 10.1.